The molecule has 0 radical (unpaired) electrons. The third-order valence-corrected chi connectivity index (χ3v) is 8.65. The first-order valence-electron chi connectivity index (χ1n) is 11.0. The van der Waals surface area contributed by atoms with Crippen LogP contribution in [-0.2, 0) is 19.1 Å². The molecular formula is C25H31IO4. The maximum atomic E-state index is 13.1. The van der Waals surface area contributed by atoms with Crippen LogP contribution in [-0.4, -0.2) is 33.0 Å². The summed E-state index contributed by atoms with van der Waals surface area (Å²) in [5, 5.41) is 0. The summed E-state index contributed by atoms with van der Waals surface area (Å²) >= 11 is 2.49. The van der Waals surface area contributed by atoms with Crippen molar-refractivity contribution in [2.75, 3.05) is 0 Å². The van der Waals surface area contributed by atoms with E-state index in [9.17, 15) is 9.59 Å². The molecule has 0 N–H and O–H groups in total. The summed E-state index contributed by atoms with van der Waals surface area (Å²) in [6, 6.07) is 9.84. The standard InChI is InChI=1S/C25H31IO4/c1-15(2)13-25-14-20(27)24(4,30-25)18-10-11-19(26)22(18)23(25)29-21(28)12-16(3)17-8-6-5-7-9-17/h5-9,12,15,18-19,22-23H,10-11,13-14H2,1-4H3/b16-12+. The summed E-state index contributed by atoms with van der Waals surface area (Å²) in [6.45, 7) is 8.17. The van der Waals surface area contributed by atoms with E-state index >= 15 is 0 Å². The Bertz CT molecular complexity index is 863. The Labute approximate surface area is 192 Å². The normalized spacial score (nSPS) is 38.1. The number of esters is 1. The van der Waals surface area contributed by atoms with Crippen molar-refractivity contribution >= 4 is 39.9 Å². The van der Waals surface area contributed by atoms with Gasteiger partial charge in [0.05, 0.1) is 0 Å². The summed E-state index contributed by atoms with van der Waals surface area (Å²) in [5.74, 6) is 0.452. The van der Waals surface area contributed by atoms with Gasteiger partial charge < -0.3 is 9.47 Å². The van der Waals surface area contributed by atoms with E-state index in [0.29, 0.717) is 16.3 Å². The van der Waals surface area contributed by atoms with Crippen molar-refractivity contribution in [3.63, 3.8) is 0 Å². The van der Waals surface area contributed by atoms with Crippen molar-refractivity contribution in [2.45, 2.75) is 74.6 Å². The number of carbonyl (C=O) groups is 2. The van der Waals surface area contributed by atoms with E-state index in [1.165, 1.54) is 0 Å². The maximum Gasteiger partial charge on any atom is 0.331 e. The zero-order valence-electron chi connectivity index (χ0n) is 18.2. The number of benzene rings is 1. The molecule has 4 nitrogen and oxygen atoms in total. The molecule has 1 aromatic carbocycles. The molecule has 4 rings (SSSR count). The molecule has 2 aliphatic heterocycles. The molecule has 1 aromatic rings. The van der Waals surface area contributed by atoms with Crippen molar-refractivity contribution in [2.24, 2.45) is 17.8 Å². The van der Waals surface area contributed by atoms with Crippen molar-refractivity contribution in [1.82, 2.24) is 0 Å². The third-order valence-electron chi connectivity index (χ3n) is 7.20. The number of allylic oxidation sites excluding steroid dienone is 1. The van der Waals surface area contributed by atoms with Gasteiger partial charge in [0.25, 0.3) is 0 Å². The van der Waals surface area contributed by atoms with Gasteiger partial charge in [0.1, 0.15) is 17.3 Å². The first-order chi connectivity index (χ1) is 14.2. The molecule has 6 unspecified atom stereocenters. The van der Waals surface area contributed by atoms with Gasteiger partial charge in [-0.15, -0.1) is 0 Å². The highest BCUT2D eigenvalue weighted by molar-refractivity contribution is 14.1. The Morgan fingerprint density at radius 2 is 2.00 bits per heavy atom. The lowest BCUT2D eigenvalue weighted by Crippen LogP contribution is -2.60. The van der Waals surface area contributed by atoms with Crippen LogP contribution < -0.4 is 0 Å². The van der Waals surface area contributed by atoms with E-state index in [4.69, 9.17) is 9.47 Å². The Kier molecular flexibility index (Phi) is 5.90. The summed E-state index contributed by atoms with van der Waals surface area (Å²) in [6.07, 6.45) is 4.24. The fourth-order valence-electron chi connectivity index (χ4n) is 6.00. The Morgan fingerprint density at radius 1 is 1.30 bits per heavy atom. The van der Waals surface area contributed by atoms with Crippen LogP contribution in [0.3, 0.4) is 0 Å². The molecule has 1 aliphatic carbocycles. The maximum absolute atomic E-state index is 13.1. The number of hydrogen-bond donors (Lipinski definition) is 0. The van der Waals surface area contributed by atoms with Gasteiger partial charge in [0, 0.05) is 28.3 Å². The number of hydrogen-bond acceptors (Lipinski definition) is 4. The second-order valence-electron chi connectivity index (χ2n) is 9.80. The highest BCUT2D eigenvalue weighted by Gasteiger charge is 2.70. The third kappa shape index (κ3) is 3.66. The van der Waals surface area contributed by atoms with E-state index in [0.717, 1.165) is 30.4 Å². The molecular weight excluding hydrogens is 491 g/mol. The zero-order valence-corrected chi connectivity index (χ0v) is 20.3. The topological polar surface area (TPSA) is 52.6 Å². The molecule has 6 atom stereocenters. The molecule has 0 aromatic heterocycles. The lowest BCUT2D eigenvalue weighted by Gasteiger charge is -2.50. The molecule has 162 valence electrons. The number of carbonyl (C=O) groups excluding carboxylic acids is 2. The molecule has 0 amide bonds. The van der Waals surface area contributed by atoms with Gasteiger partial charge in [-0.3, -0.25) is 4.79 Å². The molecule has 3 fully saturated rings. The van der Waals surface area contributed by atoms with Crippen LogP contribution in [0.1, 0.15) is 58.9 Å². The van der Waals surface area contributed by atoms with Gasteiger partial charge in [0.15, 0.2) is 5.78 Å². The van der Waals surface area contributed by atoms with E-state index < -0.39 is 11.2 Å². The van der Waals surface area contributed by atoms with Gasteiger partial charge in [-0.2, -0.15) is 0 Å². The van der Waals surface area contributed by atoms with E-state index in [1.54, 1.807) is 6.08 Å². The molecule has 2 saturated heterocycles. The summed E-state index contributed by atoms with van der Waals surface area (Å²) in [4.78, 5) is 26.1. The molecule has 1 saturated carbocycles. The van der Waals surface area contributed by atoms with Gasteiger partial charge in [-0.25, -0.2) is 4.79 Å². The quantitative estimate of drug-likeness (QED) is 0.226. The number of fused-ring (bicyclic) bond motifs is 4. The molecule has 2 heterocycles. The number of halogens is 1. The number of ether oxygens (including phenoxy) is 2. The first kappa shape index (κ1) is 22.0. The van der Waals surface area contributed by atoms with Crippen LogP contribution in [0.25, 0.3) is 5.57 Å². The number of rotatable bonds is 5. The Hall–Kier alpha value is -1.21. The average molecular weight is 522 g/mol. The van der Waals surface area contributed by atoms with Gasteiger partial charge in [-0.05, 0) is 50.2 Å². The highest BCUT2D eigenvalue weighted by atomic mass is 127. The number of ketones is 1. The predicted octanol–water partition coefficient (Wildman–Crippen LogP) is 5.38. The van der Waals surface area contributed by atoms with Crippen molar-refractivity contribution in [1.29, 1.82) is 0 Å². The van der Waals surface area contributed by atoms with Gasteiger partial charge in [0.2, 0.25) is 0 Å². The van der Waals surface area contributed by atoms with Crippen LogP contribution in [0.2, 0.25) is 0 Å². The number of Topliss-reactive ketones (excluding diaryl/α,β-unsaturated/α-hetero) is 1. The van der Waals surface area contributed by atoms with Crippen molar-refractivity contribution in [3.8, 4) is 0 Å². The molecule has 3 aliphatic rings. The Morgan fingerprint density at radius 3 is 2.67 bits per heavy atom. The minimum Gasteiger partial charge on any atom is -0.456 e. The highest BCUT2D eigenvalue weighted by Crippen LogP contribution is 2.60. The predicted molar refractivity (Wildman–Crippen MR) is 125 cm³/mol. The average Bonchev–Trinajstić information content (AvgIpc) is 3.17. The lowest BCUT2D eigenvalue weighted by molar-refractivity contribution is -0.241. The smallest absolute Gasteiger partial charge is 0.331 e. The fourth-order valence-corrected chi connectivity index (χ4v) is 7.24. The SMILES string of the molecule is C/C(=C\C(=O)OC1C2C(I)CCC2C2(C)OC1(CC(C)C)CC2=O)c1ccccc1. The summed E-state index contributed by atoms with van der Waals surface area (Å²) in [7, 11) is 0. The molecule has 5 heteroatoms. The van der Waals surface area contributed by atoms with Crippen LogP contribution in [0.15, 0.2) is 36.4 Å². The second-order valence-corrected chi connectivity index (χ2v) is 11.4. The van der Waals surface area contributed by atoms with Gasteiger partial charge in [-0.1, -0.05) is 66.8 Å². The lowest BCUT2D eigenvalue weighted by atomic mass is 9.73. The van der Waals surface area contributed by atoms with Crippen LogP contribution >= 0.6 is 22.6 Å². The summed E-state index contributed by atoms with van der Waals surface area (Å²) < 4.78 is 13.2. The first-order valence-corrected chi connectivity index (χ1v) is 12.2. The molecule has 30 heavy (non-hydrogen) atoms. The van der Waals surface area contributed by atoms with Crippen LogP contribution in [0.5, 0.6) is 0 Å². The minimum absolute atomic E-state index is 0.117. The van der Waals surface area contributed by atoms with E-state index in [2.05, 4.69) is 36.4 Å². The van der Waals surface area contributed by atoms with Crippen molar-refractivity contribution in [3.05, 3.63) is 42.0 Å². The van der Waals surface area contributed by atoms with E-state index in [-0.39, 0.29) is 29.7 Å². The zero-order chi connectivity index (χ0) is 21.7. The monoisotopic (exact) mass is 522 g/mol. The largest absolute Gasteiger partial charge is 0.456 e. The molecule has 2 bridgehead atoms. The van der Waals surface area contributed by atoms with Crippen LogP contribution in [0, 0.1) is 17.8 Å². The van der Waals surface area contributed by atoms with Crippen LogP contribution in [0.4, 0.5) is 0 Å². The van der Waals surface area contributed by atoms with Gasteiger partial charge >= 0.3 is 5.97 Å². The fraction of sp³-hybridized carbons (Fsp3) is 0.600. The Balaban J connectivity index is 1.67. The second kappa shape index (κ2) is 8.05. The summed E-state index contributed by atoms with van der Waals surface area (Å²) in [5.41, 5.74) is 0.425. The number of alkyl halides is 1. The van der Waals surface area contributed by atoms with E-state index in [1.807, 2.05) is 44.2 Å². The minimum atomic E-state index is -0.738. The van der Waals surface area contributed by atoms with Crippen molar-refractivity contribution < 1.29 is 19.1 Å². The molecule has 0 spiro atoms.